The molecule has 5 atom stereocenters. The third-order valence-electron chi connectivity index (χ3n) is 7.74. The molecule has 4 heterocycles. The maximum absolute atomic E-state index is 13.5. The first-order valence-electron chi connectivity index (χ1n) is 11.4. The molecule has 2 amide bonds. The first-order valence-corrected chi connectivity index (χ1v) is 11.4. The van der Waals surface area contributed by atoms with E-state index in [1.165, 1.54) is 13.1 Å². The van der Waals surface area contributed by atoms with Gasteiger partial charge < -0.3 is 9.47 Å². The van der Waals surface area contributed by atoms with E-state index in [1.807, 2.05) is 0 Å². The van der Waals surface area contributed by atoms with Gasteiger partial charge in [0.25, 0.3) is 0 Å². The Morgan fingerprint density at radius 2 is 1.76 bits per heavy atom. The van der Waals surface area contributed by atoms with Crippen molar-refractivity contribution in [3.63, 3.8) is 0 Å². The van der Waals surface area contributed by atoms with Gasteiger partial charge in [-0.1, -0.05) is 0 Å². The summed E-state index contributed by atoms with van der Waals surface area (Å²) < 4.78 is 92.2. The van der Waals surface area contributed by atoms with Gasteiger partial charge in [0.15, 0.2) is 5.69 Å². The molecule has 0 aliphatic carbocycles. The van der Waals surface area contributed by atoms with Crippen LogP contribution in [0.1, 0.15) is 37.1 Å². The highest BCUT2D eigenvalue weighted by Crippen LogP contribution is 2.63. The maximum atomic E-state index is 13.5. The molecule has 14 heteroatoms. The fourth-order valence-corrected chi connectivity index (χ4v) is 6.08. The lowest BCUT2D eigenvalue weighted by atomic mass is 9.64. The lowest BCUT2D eigenvalue weighted by Crippen LogP contribution is -2.48. The molecule has 3 aliphatic rings. The van der Waals surface area contributed by atoms with Crippen molar-refractivity contribution < 1.29 is 45.4 Å². The topological polar surface area (TPSA) is 97.4 Å². The number of anilines is 1. The van der Waals surface area contributed by atoms with Gasteiger partial charge in [-0.25, -0.2) is 9.58 Å². The summed E-state index contributed by atoms with van der Waals surface area (Å²) in [6.07, 6.45) is -9.33. The number of aromatic nitrogens is 2. The predicted octanol–water partition coefficient (Wildman–Crippen LogP) is 4.08. The van der Waals surface area contributed by atoms with Gasteiger partial charge in [0, 0.05) is 19.0 Å². The number of nitrogens with zero attached hydrogens (tertiary/aromatic N) is 4. The number of benzene rings is 1. The third kappa shape index (κ3) is 3.66. The van der Waals surface area contributed by atoms with Gasteiger partial charge in [-0.2, -0.15) is 36.7 Å². The summed E-state index contributed by atoms with van der Waals surface area (Å²) in [5.41, 5.74) is -5.79. The van der Waals surface area contributed by atoms with Gasteiger partial charge >= 0.3 is 12.4 Å². The molecular weight excluding hydrogens is 522 g/mol. The highest BCUT2D eigenvalue weighted by atomic mass is 19.4. The molecule has 5 rings (SSSR count). The second-order valence-electron chi connectivity index (χ2n) is 10.1. The normalized spacial score (nSPS) is 30.6. The van der Waals surface area contributed by atoms with Crippen molar-refractivity contribution >= 4 is 17.5 Å². The molecule has 38 heavy (non-hydrogen) atoms. The predicted molar refractivity (Wildman–Crippen MR) is 115 cm³/mol. The Labute approximate surface area is 211 Å². The molecule has 0 radical (unpaired) electrons. The standard InChI is InChI=1S/C24H20F6N4O4/c1-21-8-12(10-37-16-7-15(24(28,29)30)32-33(16)3)22(2,38-21)18-17(21)19(35)34(20(18)36)13-5-4-11(9-31)14(6-13)23(25,26)27/h4-7,12,17-18H,8,10H2,1-3H3/t12-,17+,18-,21-,22+/m0/s1. The molecular formula is C24H20F6N4O4. The highest BCUT2D eigenvalue weighted by molar-refractivity contribution is 6.23. The van der Waals surface area contributed by atoms with Crippen molar-refractivity contribution in [2.24, 2.45) is 24.8 Å². The molecule has 0 saturated carbocycles. The number of carbonyl (C=O) groups is 2. The van der Waals surface area contributed by atoms with E-state index in [0.29, 0.717) is 11.0 Å². The number of fused-ring (bicyclic) bond motifs is 5. The van der Waals surface area contributed by atoms with Crippen molar-refractivity contribution in [1.29, 1.82) is 5.26 Å². The molecule has 3 saturated heterocycles. The molecule has 3 aliphatic heterocycles. The number of hydrogen-bond acceptors (Lipinski definition) is 6. The first kappa shape index (κ1) is 26.0. The number of ether oxygens (including phenoxy) is 2. The Bertz CT molecular complexity index is 1400. The van der Waals surface area contributed by atoms with Crippen molar-refractivity contribution in [3.8, 4) is 11.9 Å². The number of imide groups is 1. The monoisotopic (exact) mass is 542 g/mol. The van der Waals surface area contributed by atoms with Crippen LogP contribution in [0.5, 0.6) is 5.88 Å². The van der Waals surface area contributed by atoms with Crippen LogP contribution in [-0.4, -0.2) is 39.4 Å². The van der Waals surface area contributed by atoms with E-state index in [9.17, 15) is 35.9 Å². The minimum Gasteiger partial charge on any atom is -0.477 e. The number of alkyl halides is 6. The number of aryl methyl sites for hydroxylation is 1. The molecule has 202 valence electrons. The average Bonchev–Trinajstić information content (AvgIpc) is 3.47. The Morgan fingerprint density at radius 1 is 1.11 bits per heavy atom. The molecule has 2 bridgehead atoms. The summed E-state index contributed by atoms with van der Waals surface area (Å²) in [5, 5.41) is 12.4. The zero-order chi connectivity index (χ0) is 28.0. The Hall–Kier alpha value is -3.60. The fourth-order valence-electron chi connectivity index (χ4n) is 6.08. The first-order chi connectivity index (χ1) is 17.5. The van der Waals surface area contributed by atoms with Gasteiger partial charge in [-0.15, -0.1) is 0 Å². The number of nitriles is 1. The van der Waals surface area contributed by atoms with Crippen molar-refractivity contribution in [2.45, 2.75) is 43.8 Å². The van der Waals surface area contributed by atoms with Crippen LogP contribution in [0.3, 0.4) is 0 Å². The molecule has 0 unspecified atom stereocenters. The van der Waals surface area contributed by atoms with Crippen LogP contribution in [0.15, 0.2) is 24.3 Å². The summed E-state index contributed by atoms with van der Waals surface area (Å²) in [6.45, 7) is 3.06. The molecule has 3 fully saturated rings. The van der Waals surface area contributed by atoms with Crippen LogP contribution in [0.25, 0.3) is 0 Å². The minimum absolute atomic E-state index is 0.150. The van der Waals surface area contributed by atoms with Crippen molar-refractivity contribution in [3.05, 3.63) is 41.1 Å². The second kappa shape index (κ2) is 7.95. The number of hydrogen-bond donors (Lipinski definition) is 0. The summed E-state index contributed by atoms with van der Waals surface area (Å²) in [4.78, 5) is 27.6. The molecule has 2 aromatic rings. The van der Waals surface area contributed by atoms with Gasteiger partial charge in [-0.05, 0) is 38.5 Å². The molecule has 1 aromatic heterocycles. The van der Waals surface area contributed by atoms with Gasteiger partial charge in [-0.3, -0.25) is 9.59 Å². The van der Waals surface area contributed by atoms with Crippen molar-refractivity contribution in [2.75, 3.05) is 11.5 Å². The summed E-state index contributed by atoms with van der Waals surface area (Å²) >= 11 is 0. The Kier molecular flexibility index (Phi) is 5.45. The van der Waals surface area contributed by atoms with E-state index in [1.54, 1.807) is 13.8 Å². The summed E-state index contributed by atoms with van der Waals surface area (Å²) in [7, 11) is 1.28. The zero-order valence-electron chi connectivity index (χ0n) is 20.1. The number of amides is 2. The van der Waals surface area contributed by atoms with Crippen LogP contribution in [0, 0.1) is 29.1 Å². The van der Waals surface area contributed by atoms with Crippen LogP contribution < -0.4 is 9.64 Å². The zero-order valence-corrected chi connectivity index (χ0v) is 20.1. The number of halogens is 6. The Balaban J connectivity index is 1.43. The summed E-state index contributed by atoms with van der Waals surface area (Å²) in [6, 6.07) is 4.82. The second-order valence-corrected chi connectivity index (χ2v) is 10.1. The molecule has 8 nitrogen and oxygen atoms in total. The van der Waals surface area contributed by atoms with E-state index in [0.717, 1.165) is 22.9 Å². The van der Waals surface area contributed by atoms with Crippen LogP contribution >= 0.6 is 0 Å². The van der Waals surface area contributed by atoms with Crippen LogP contribution in [0.2, 0.25) is 0 Å². The molecule has 1 aromatic carbocycles. The molecule has 0 N–H and O–H groups in total. The lowest BCUT2D eigenvalue weighted by Gasteiger charge is -2.35. The van der Waals surface area contributed by atoms with Gasteiger partial charge in [0.1, 0.15) is 0 Å². The van der Waals surface area contributed by atoms with E-state index < -0.39 is 69.9 Å². The van der Waals surface area contributed by atoms with E-state index in [4.69, 9.17) is 14.7 Å². The number of carbonyl (C=O) groups excluding carboxylic acids is 2. The summed E-state index contributed by atoms with van der Waals surface area (Å²) in [5.74, 6) is -4.18. The highest BCUT2D eigenvalue weighted by Gasteiger charge is 2.75. The Morgan fingerprint density at radius 3 is 2.34 bits per heavy atom. The van der Waals surface area contributed by atoms with E-state index in [2.05, 4.69) is 5.10 Å². The molecule has 0 spiro atoms. The SMILES string of the molecule is Cn1nc(C(F)(F)F)cc1OC[C@@H]1C[C@]2(C)O[C@@]1(C)[C@@H]1C(=O)N(c3ccc(C#N)c(C(F)(F)F)c3)C(=O)[C@@H]12. The quantitative estimate of drug-likeness (QED) is 0.427. The lowest BCUT2D eigenvalue weighted by molar-refractivity contribution is -0.141. The third-order valence-corrected chi connectivity index (χ3v) is 7.74. The van der Waals surface area contributed by atoms with Gasteiger partial charge in [0.05, 0.1) is 52.5 Å². The van der Waals surface area contributed by atoms with E-state index in [-0.39, 0.29) is 24.6 Å². The van der Waals surface area contributed by atoms with Gasteiger partial charge in [0.2, 0.25) is 17.7 Å². The van der Waals surface area contributed by atoms with E-state index >= 15 is 0 Å². The number of rotatable bonds is 4. The average molecular weight is 542 g/mol. The van der Waals surface area contributed by atoms with Crippen LogP contribution in [-0.2, 0) is 33.7 Å². The van der Waals surface area contributed by atoms with Crippen molar-refractivity contribution in [1.82, 2.24) is 9.78 Å². The minimum atomic E-state index is -4.89. The van der Waals surface area contributed by atoms with Crippen LogP contribution in [0.4, 0.5) is 32.0 Å². The fraction of sp³-hybridized carbons (Fsp3) is 0.500. The maximum Gasteiger partial charge on any atom is 0.435 e. The largest absolute Gasteiger partial charge is 0.477 e. The smallest absolute Gasteiger partial charge is 0.435 e.